The van der Waals surface area contributed by atoms with Crippen molar-refractivity contribution in [3.05, 3.63) is 35.4 Å². The van der Waals surface area contributed by atoms with Crippen LogP contribution in [0.4, 0.5) is 0 Å². The molecule has 1 aliphatic rings. The van der Waals surface area contributed by atoms with Crippen molar-refractivity contribution in [2.75, 3.05) is 20.2 Å². The Bertz CT molecular complexity index is 362. The van der Waals surface area contributed by atoms with Crippen molar-refractivity contribution in [2.45, 2.75) is 38.7 Å². The van der Waals surface area contributed by atoms with E-state index < -0.39 is 0 Å². The van der Waals surface area contributed by atoms with Crippen molar-refractivity contribution in [3.63, 3.8) is 0 Å². The average Bonchev–Trinajstić information content (AvgIpc) is 2.40. The molecule has 1 aliphatic heterocycles. The first-order valence-corrected chi connectivity index (χ1v) is 7.13. The summed E-state index contributed by atoms with van der Waals surface area (Å²) < 4.78 is 5.23. The van der Waals surface area contributed by atoms with Gasteiger partial charge < -0.3 is 10.1 Å². The van der Waals surface area contributed by atoms with E-state index in [9.17, 15) is 0 Å². The van der Waals surface area contributed by atoms with Gasteiger partial charge in [-0.3, -0.25) is 0 Å². The third kappa shape index (κ3) is 3.33. The van der Waals surface area contributed by atoms with Crippen molar-refractivity contribution < 1.29 is 4.74 Å². The average molecular weight is 247 g/mol. The van der Waals surface area contributed by atoms with Crippen molar-refractivity contribution in [1.82, 2.24) is 5.32 Å². The maximum absolute atomic E-state index is 5.23. The van der Waals surface area contributed by atoms with Gasteiger partial charge in [-0.15, -0.1) is 0 Å². The van der Waals surface area contributed by atoms with Crippen LogP contribution in [-0.2, 0) is 11.3 Å². The molecule has 18 heavy (non-hydrogen) atoms. The molecule has 0 aliphatic carbocycles. The van der Waals surface area contributed by atoms with Crippen molar-refractivity contribution >= 4 is 0 Å². The SMILES string of the molecule is CCCC1CNCCC1c1cccc(COC)c1. The lowest BCUT2D eigenvalue weighted by atomic mass is 9.78. The number of methoxy groups -OCH3 is 1. The molecule has 0 saturated carbocycles. The summed E-state index contributed by atoms with van der Waals surface area (Å²) in [7, 11) is 1.76. The Morgan fingerprint density at radius 1 is 1.39 bits per heavy atom. The molecule has 1 heterocycles. The second-order valence-corrected chi connectivity index (χ2v) is 5.33. The highest BCUT2D eigenvalue weighted by molar-refractivity contribution is 5.27. The van der Waals surface area contributed by atoms with Crippen molar-refractivity contribution in [3.8, 4) is 0 Å². The lowest BCUT2D eigenvalue weighted by Gasteiger charge is -2.32. The number of benzene rings is 1. The van der Waals surface area contributed by atoms with Gasteiger partial charge in [0.1, 0.15) is 0 Å². The number of piperidine rings is 1. The predicted octanol–water partition coefficient (Wildman–Crippen LogP) is 3.33. The first-order valence-electron chi connectivity index (χ1n) is 7.13. The standard InChI is InChI=1S/C16H25NO/c1-3-5-15-11-17-9-8-16(15)14-7-4-6-13(10-14)12-18-2/h4,6-7,10,15-17H,3,5,8-9,11-12H2,1-2H3. The molecule has 1 aromatic rings. The van der Waals surface area contributed by atoms with E-state index in [2.05, 4.69) is 36.5 Å². The zero-order valence-corrected chi connectivity index (χ0v) is 11.6. The highest BCUT2D eigenvalue weighted by Gasteiger charge is 2.25. The molecule has 1 saturated heterocycles. The monoisotopic (exact) mass is 247 g/mol. The Morgan fingerprint density at radius 2 is 2.28 bits per heavy atom. The van der Waals surface area contributed by atoms with E-state index in [1.807, 2.05) is 0 Å². The van der Waals surface area contributed by atoms with Crippen LogP contribution in [0.1, 0.15) is 43.2 Å². The Morgan fingerprint density at radius 3 is 3.06 bits per heavy atom. The van der Waals surface area contributed by atoms with Crippen LogP contribution < -0.4 is 5.32 Å². The zero-order chi connectivity index (χ0) is 12.8. The summed E-state index contributed by atoms with van der Waals surface area (Å²) in [5.74, 6) is 1.52. The summed E-state index contributed by atoms with van der Waals surface area (Å²) in [6.07, 6.45) is 3.87. The molecule has 1 N–H and O–H groups in total. The maximum Gasteiger partial charge on any atom is 0.0713 e. The summed E-state index contributed by atoms with van der Waals surface area (Å²) in [4.78, 5) is 0. The normalized spacial score (nSPS) is 24.1. The summed E-state index contributed by atoms with van der Waals surface area (Å²) in [6.45, 7) is 5.33. The first kappa shape index (κ1) is 13.6. The quantitative estimate of drug-likeness (QED) is 0.861. The molecule has 0 amide bonds. The zero-order valence-electron chi connectivity index (χ0n) is 11.6. The van der Waals surface area contributed by atoms with E-state index in [1.165, 1.54) is 36.9 Å². The molecule has 2 atom stereocenters. The van der Waals surface area contributed by atoms with Crippen LogP contribution in [0.15, 0.2) is 24.3 Å². The summed E-state index contributed by atoms with van der Waals surface area (Å²) in [5, 5.41) is 3.53. The van der Waals surface area contributed by atoms with Crippen LogP contribution in [0.25, 0.3) is 0 Å². The molecule has 2 heteroatoms. The van der Waals surface area contributed by atoms with Gasteiger partial charge in [0.15, 0.2) is 0 Å². The van der Waals surface area contributed by atoms with Crippen LogP contribution in [0, 0.1) is 5.92 Å². The smallest absolute Gasteiger partial charge is 0.0713 e. The van der Waals surface area contributed by atoms with Crippen LogP contribution in [0.5, 0.6) is 0 Å². The van der Waals surface area contributed by atoms with Gasteiger partial charge in [-0.25, -0.2) is 0 Å². The molecule has 0 aromatic heterocycles. The van der Waals surface area contributed by atoms with E-state index >= 15 is 0 Å². The third-order valence-electron chi connectivity index (χ3n) is 3.96. The van der Waals surface area contributed by atoms with Gasteiger partial charge in [-0.2, -0.15) is 0 Å². The number of hydrogen-bond donors (Lipinski definition) is 1. The van der Waals surface area contributed by atoms with Gasteiger partial charge in [0.25, 0.3) is 0 Å². The fourth-order valence-corrected chi connectivity index (χ4v) is 3.12. The lowest BCUT2D eigenvalue weighted by molar-refractivity contribution is 0.184. The van der Waals surface area contributed by atoms with Gasteiger partial charge in [0, 0.05) is 7.11 Å². The van der Waals surface area contributed by atoms with Gasteiger partial charge in [0.2, 0.25) is 0 Å². The minimum atomic E-state index is 0.719. The predicted molar refractivity (Wildman–Crippen MR) is 75.8 cm³/mol. The Labute approximate surface area is 111 Å². The molecule has 2 rings (SSSR count). The molecule has 1 fully saturated rings. The van der Waals surface area contributed by atoms with Crippen LogP contribution in [-0.4, -0.2) is 20.2 Å². The largest absolute Gasteiger partial charge is 0.380 e. The minimum Gasteiger partial charge on any atom is -0.380 e. The summed E-state index contributed by atoms with van der Waals surface area (Å²) in [5.41, 5.74) is 2.80. The lowest BCUT2D eigenvalue weighted by Crippen LogP contribution is -2.35. The molecule has 0 radical (unpaired) electrons. The topological polar surface area (TPSA) is 21.3 Å². The fraction of sp³-hybridized carbons (Fsp3) is 0.625. The van der Waals surface area contributed by atoms with E-state index in [0.717, 1.165) is 25.0 Å². The number of nitrogens with one attached hydrogen (secondary N) is 1. The van der Waals surface area contributed by atoms with Crippen molar-refractivity contribution in [2.24, 2.45) is 5.92 Å². The third-order valence-corrected chi connectivity index (χ3v) is 3.96. The second kappa shape index (κ2) is 6.91. The summed E-state index contributed by atoms with van der Waals surface area (Å²) >= 11 is 0. The fourth-order valence-electron chi connectivity index (χ4n) is 3.12. The Balaban J connectivity index is 2.14. The van der Waals surface area contributed by atoms with Gasteiger partial charge in [-0.1, -0.05) is 37.6 Å². The number of hydrogen-bond acceptors (Lipinski definition) is 2. The minimum absolute atomic E-state index is 0.719. The maximum atomic E-state index is 5.23. The van der Waals surface area contributed by atoms with E-state index in [1.54, 1.807) is 7.11 Å². The van der Waals surface area contributed by atoms with Crippen molar-refractivity contribution in [1.29, 1.82) is 0 Å². The molecular formula is C16H25NO. The van der Waals surface area contributed by atoms with Crippen LogP contribution >= 0.6 is 0 Å². The highest BCUT2D eigenvalue weighted by atomic mass is 16.5. The van der Waals surface area contributed by atoms with Crippen LogP contribution in [0.2, 0.25) is 0 Å². The summed E-state index contributed by atoms with van der Waals surface area (Å²) in [6, 6.07) is 8.96. The van der Waals surface area contributed by atoms with E-state index in [4.69, 9.17) is 4.74 Å². The van der Waals surface area contributed by atoms with Gasteiger partial charge >= 0.3 is 0 Å². The Hall–Kier alpha value is -0.860. The van der Waals surface area contributed by atoms with Gasteiger partial charge in [0.05, 0.1) is 6.61 Å². The molecule has 100 valence electrons. The Kier molecular flexibility index (Phi) is 5.21. The molecule has 0 spiro atoms. The number of rotatable bonds is 5. The highest BCUT2D eigenvalue weighted by Crippen LogP contribution is 2.33. The molecule has 1 aromatic carbocycles. The molecule has 0 bridgehead atoms. The van der Waals surface area contributed by atoms with Gasteiger partial charge in [-0.05, 0) is 48.9 Å². The second-order valence-electron chi connectivity index (χ2n) is 5.33. The first-order chi connectivity index (χ1) is 8.85. The molecule has 2 unspecified atom stereocenters. The number of ether oxygens (including phenoxy) is 1. The van der Waals surface area contributed by atoms with E-state index in [0.29, 0.717) is 0 Å². The van der Waals surface area contributed by atoms with E-state index in [-0.39, 0.29) is 0 Å². The van der Waals surface area contributed by atoms with Crippen LogP contribution in [0.3, 0.4) is 0 Å². The molecule has 2 nitrogen and oxygen atoms in total. The molecular weight excluding hydrogens is 222 g/mol.